The van der Waals surface area contributed by atoms with Gasteiger partial charge in [-0.05, 0) is 43.4 Å². The maximum Gasteiger partial charge on any atom is -0.0175 e. The zero-order valence-electron chi connectivity index (χ0n) is 14.2. The molecule has 0 saturated carbocycles. The van der Waals surface area contributed by atoms with Crippen molar-refractivity contribution in [1.82, 2.24) is 0 Å². The van der Waals surface area contributed by atoms with E-state index in [0.717, 1.165) is 6.42 Å². The third-order valence-corrected chi connectivity index (χ3v) is 5.09. The van der Waals surface area contributed by atoms with Crippen LogP contribution in [0, 0.1) is 17.3 Å². The predicted octanol–water partition coefficient (Wildman–Crippen LogP) is 6.47. The molecule has 1 aliphatic carbocycles. The molecule has 0 saturated heterocycles. The summed E-state index contributed by atoms with van der Waals surface area (Å²) in [6, 6.07) is 0. The first-order valence-corrected chi connectivity index (χ1v) is 8.12. The van der Waals surface area contributed by atoms with Crippen LogP contribution in [0.15, 0.2) is 47.6 Å². The number of rotatable bonds is 6. The van der Waals surface area contributed by atoms with Crippen molar-refractivity contribution in [3.8, 4) is 0 Å². The van der Waals surface area contributed by atoms with Gasteiger partial charge in [0.15, 0.2) is 0 Å². The van der Waals surface area contributed by atoms with Gasteiger partial charge in [0, 0.05) is 0 Å². The molecule has 112 valence electrons. The second kappa shape index (κ2) is 7.67. The third-order valence-electron chi connectivity index (χ3n) is 5.09. The van der Waals surface area contributed by atoms with Gasteiger partial charge in [-0.15, -0.1) is 0 Å². The summed E-state index contributed by atoms with van der Waals surface area (Å²) in [4.78, 5) is 0. The standard InChI is InChI=1S/C20H32/c1-7-9-10-12-18(11-8-2)13-14-19-15-16(3)20(5,6)17(19)4/h7,9-12,15-17H,8,13-14H2,1-6H3/b9-7+,12-10-,18-11+. The van der Waals surface area contributed by atoms with Crippen LogP contribution in [0.25, 0.3) is 0 Å². The van der Waals surface area contributed by atoms with Crippen LogP contribution in [0.4, 0.5) is 0 Å². The first-order chi connectivity index (χ1) is 9.43. The van der Waals surface area contributed by atoms with Crippen LogP contribution in [0.5, 0.6) is 0 Å². The van der Waals surface area contributed by atoms with Crippen molar-refractivity contribution >= 4 is 0 Å². The van der Waals surface area contributed by atoms with E-state index in [1.54, 1.807) is 5.57 Å². The lowest BCUT2D eigenvalue weighted by Crippen LogP contribution is -2.23. The molecule has 1 aliphatic rings. The molecule has 0 aromatic heterocycles. The predicted molar refractivity (Wildman–Crippen MR) is 91.8 cm³/mol. The van der Waals surface area contributed by atoms with Gasteiger partial charge in [0.25, 0.3) is 0 Å². The number of hydrogen-bond donors (Lipinski definition) is 0. The summed E-state index contributed by atoms with van der Waals surface area (Å²) < 4.78 is 0. The largest absolute Gasteiger partial charge is 0.0877 e. The van der Waals surface area contributed by atoms with E-state index in [1.165, 1.54) is 18.4 Å². The normalized spacial score (nSPS) is 26.7. The van der Waals surface area contributed by atoms with Crippen LogP contribution >= 0.6 is 0 Å². The zero-order chi connectivity index (χ0) is 15.2. The molecule has 0 aromatic carbocycles. The highest BCUT2D eigenvalue weighted by molar-refractivity contribution is 5.26. The van der Waals surface area contributed by atoms with Gasteiger partial charge in [0.1, 0.15) is 0 Å². The number of allylic oxidation sites excluding steroid dienone is 8. The minimum Gasteiger partial charge on any atom is -0.0877 e. The van der Waals surface area contributed by atoms with Crippen molar-refractivity contribution < 1.29 is 0 Å². The molecule has 2 atom stereocenters. The van der Waals surface area contributed by atoms with Crippen molar-refractivity contribution in [3.05, 3.63) is 47.6 Å². The third kappa shape index (κ3) is 4.23. The maximum absolute atomic E-state index is 2.52. The molecule has 0 heterocycles. The molecule has 0 heteroatoms. The van der Waals surface area contributed by atoms with Crippen LogP contribution in [0.1, 0.15) is 60.8 Å². The Balaban J connectivity index is 2.65. The molecule has 0 bridgehead atoms. The molecule has 0 N–H and O–H groups in total. The summed E-state index contributed by atoms with van der Waals surface area (Å²) in [7, 11) is 0. The molecular weight excluding hydrogens is 240 g/mol. The molecule has 0 aliphatic heterocycles. The molecule has 2 unspecified atom stereocenters. The van der Waals surface area contributed by atoms with Crippen molar-refractivity contribution in [2.24, 2.45) is 17.3 Å². The zero-order valence-corrected chi connectivity index (χ0v) is 14.2. The van der Waals surface area contributed by atoms with Gasteiger partial charge < -0.3 is 0 Å². The van der Waals surface area contributed by atoms with Gasteiger partial charge in [-0.3, -0.25) is 0 Å². The smallest absolute Gasteiger partial charge is 0.0175 e. The first kappa shape index (κ1) is 17.0. The summed E-state index contributed by atoms with van der Waals surface area (Å²) in [5.41, 5.74) is 3.55. The topological polar surface area (TPSA) is 0 Å². The van der Waals surface area contributed by atoms with Crippen LogP contribution in [-0.4, -0.2) is 0 Å². The lowest BCUT2D eigenvalue weighted by molar-refractivity contribution is 0.224. The van der Waals surface area contributed by atoms with Gasteiger partial charge in [-0.25, -0.2) is 0 Å². The Kier molecular flexibility index (Phi) is 6.52. The van der Waals surface area contributed by atoms with Crippen LogP contribution in [-0.2, 0) is 0 Å². The molecule has 0 spiro atoms. The van der Waals surface area contributed by atoms with Crippen LogP contribution in [0.2, 0.25) is 0 Å². The van der Waals surface area contributed by atoms with Crippen molar-refractivity contribution in [3.63, 3.8) is 0 Å². The fraction of sp³-hybridized carbons (Fsp3) is 0.600. The molecule has 0 fully saturated rings. The summed E-state index contributed by atoms with van der Waals surface area (Å²) >= 11 is 0. The first-order valence-electron chi connectivity index (χ1n) is 8.12. The van der Waals surface area contributed by atoms with Gasteiger partial charge in [-0.1, -0.05) is 82.2 Å². The number of hydrogen-bond acceptors (Lipinski definition) is 0. The Labute approximate surface area is 126 Å². The van der Waals surface area contributed by atoms with Gasteiger partial charge in [0.2, 0.25) is 0 Å². The lowest BCUT2D eigenvalue weighted by Gasteiger charge is -2.30. The van der Waals surface area contributed by atoms with Crippen LogP contribution in [0.3, 0.4) is 0 Å². The van der Waals surface area contributed by atoms with E-state index in [0.29, 0.717) is 17.3 Å². The summed E-state index contributed by atoms with van der Waals surface area (Å²) in [5.74, 6) is 1.41. The van der Waals surface area contributed by atoms with Gasteiger partial charge >= 0.3 is 0 Å². The van der Waals surface area contributed by atoms with Crippen molar-refractivity contribution in [2.45, 2.75) is 60.8 Å². The van der Waals surface area contributed by atoms with Crippen molar-refractivity contribution in [1.29, 1.82) is 0 Å². The van der Waals surface area contributed by atoms with Crippen LogP contribution < -0.4 is 0 Å². The highest BCUT2D eigenvalue weighted by atomic mass is 14.4. The highest BCUT2D eigenvalue weighted by Gasteiger charge is 2.37. The second-order valence-corrected chi connectivity index (χ2v) is 6.65. The summed E-state index contributed by atoms with van der Waals surface area (Å²) in [5, 5.41) is 0. The Hall–Kier alpha value is -1.04. The molecule has 0 amide bonds. The average Bonchev–Trinajstić information content (AvgIpc) is 2.60. The van der Waals surface area contributed by atoms with Crippen molar-refractivity contribution in [2.75, 3.05) is 0 Å². The Bertz CT molecular complexity index is 415. The Morgan fingerprint density at radius 3 is 2.45 bits per heavy atom. The SMILES string of the molecule is C/C=C/C=C\C(=C/CC)CCC1=CC(C)C(C)(C)C1C. The Morgan fingerprint density at radius 2 is 1.95 bits per heavy atom. The van der Waals surface area contributed by atoms with E-state index in [1.807, 2.05) is 0 Å². The fourth-order valence-corrected chi connectivity index (χ4v) is 2.95. The molecular formula is C20H32. The Morgan fingerprint density at radius 1 is 1.25 bits per heavy atom. The minimum atomic E-state index is 0.421. The average molecular weight is 272 g/mol. The fourth-order valence-electron chi connectivity index (χ4n) is 2.95. The molecule has 0 aromatic rings. The van der Waals surface area contributed by atoms with E-state index in [4.69, 9.17) is 0 Å². The monoisotopic (exact) mass is 272 g/mol. The molecule has 20 heavy (non-hydrogen) atoms. The van der Waals surface area contributed by atoms with E-state index >= 15 is 0 Å². The summed E-state index contributed by atoms with van der Waals surface area (Å²) in [6.07, 6.45) is 17.0. The van der Waals surface area contributed by atoms with E-state index in [9.17, 15) is 0 Å². The van der Waals surface area contributed by atoms with Gasteiger partial charge in [-0.2, -0.15) is 0 Å². The minimum absolute atomic E-state index is 0.421. The molecule has 1 rings (SSSR count). The molecule has 0 nitrogen and oxygen atoms in total. The highest BCUT2D eigenvalue weighted by Crippen LogP contribution is 2.47. The van der Waals surface area contributed by atoms with E-state index < -0.39 is 0 Å². The van der Waals surface area contributed by atoms with E-state index in [-0.39, 0.29) is 0 Å². The van der Waals surface area contributed by atoms with E-state index in [2.05, 4.69) is 78.0 Å². The quantitative estimate of drug-likeness (QED) is 0.384. The second-order valence-electron chi connectivity index (χ2n) is 6.65. The van der Waals surface area contributed by atoms with Gasteiger partial charge in [0.05, 0.1) is 0 Å². The maximum atomic E-state index is 2.52. The summed E-state index contributed by atoms with van der Waals surface area (Å²) in [6.45, 7) is 13.8. The lowest BCUT2D eigenvalue weighted by atomic mass is 9.74. The molecule has 0 radical (unpaired) electrons.